The highest BCUT2D eigenvalue weighted by molar-refractivity contribution is 9.10. The lowest BCUT2D eigenvalue weighted by Crippen LogP contribution is -2.23. The summed E-state index contributed by atoms with van der Waals surface area (Å²) in [7, 11) is -2.22. The molecule has 3 rings (SSSR count). The Hall–Kier alpha value is -2.88. The number of carbonyl (C=O) groups excluding carboxylic acids is 1. The van der Waals surface area contributed by atoms with Crippen LogP contribution in [-0.4, -0.2) is 21.4 Å². The average molecular weight is 491 g/mol. The van der Waals surface area contributed by atoms with Gasteiger partial charge >= 0.3 is 0 Å². The van der Waals surface area contributed by atoms with Crippen LogP contribution in [0.1, 0.15) is 11.3 Å². The fourth-order valence-corrected chi connectivity index (χ4v) is 4.01. The van der Waals surface area contributed by atoms with Crippen LogP contribution in [0.5, 0.6) is 5.75 Å². The molecule has 2 N–H and O–H groups in total. The number of halogens is 1. The zero-order valence-corrected chi connectivity index (χ0v) is 18.4. The van der Waals surface area contributed by atoms with Gasteiger partial charge in [-0.15, -0.1) is 0 Å². The number of benzene rings is 2. The zero-order chi connectivity index (χ0) is 21.6. The van der Waals surface area contributed by atoms with E-state index in [1.165, 1.54) is 24.5 Å². The first kappa shape index (κ1) is 21.8. The topological polar surface area (TPSA) is 97.6 Å². The van der Waals surface area contributed by atoms with Gasteiger partial charge in [0.05, 0.1) is 24.8 Å². The molecular weight excluding hydrogens is 472 g/mol. The summed E-state index contributed by atoms with van der Waals surface area (Å²) in [6.07, 6.45) is 4.43. The normalized spacial score (nSPS) is 11.5. The second kappa shape index (κ2) is 9.75. The number of carbonyl (C=O) groups is 1. The van der Waals surface area contributed by atoms with Crippen molar-refractivity contribution in [3.8, 4) is 5.75 Å². The van der Waals surface area contributed by atoms with E-state index in [9.17, 15) is 13.2 Å². The van der Waals surface area contributed by atoms with E-state index in [0.717, 1.165) is 10.0 Å². The van der Waals surface area contributed by atoms with Crippen LogP contribution in [0.4, 0.5) is 5.69 Å². The molecule has 1 amide bonds. The predicted molar refractivity (Wildman–Crippen MR) is 118 cm³/mol. The van der Waals surface area contributed by atoms with Crippen LogP contribution in [0.25, 0.3) is 6.08 Å². The van der Waals surface area contributed by atoms with E-state index in [-0.39, 0.29) is 11.4 Å². The van der Waals surface area contributed by atoms with Crippen molar-refractivity contribution in [2.45, 2.75) is 11.4 Å². The molecule has 0 bridgehead atoms. The van der Waals surface area contributed by atoms with Crippen molar-refractivity contribution < 1.29 is 22.4 Å². The molecule has 7 nitrogen and oxygen atoms in total. The van der Waals surface area contributed by atoms with Crippen LogP contribution in [0.15, 0.2) is 80.7 Å². The highest BCUT2D eigenvalue weighted by Crippen LogP contribution is 2.24. The van der Waals surface area contributed by atoms with Crippen molar-refractivity contribution in [3.63, 3.8) is 0 Å². The highest BCUT2D eigenvalue weighted by atomic mass is 79.9. The van der Waals surface area contributed by atoms with Crippen molar-refractivity contribution in [1.29, 1.82) is 0 Å². The third kappa shape index (κ3) is 5.82. The minimum Gasteiger partial charge on any atom is -0.496 e. The van der Waals surface area contributed by atoms with Crippen LogP contribution in [0, 0.1) is 0 Å². The zero-order valence-electron chi connectivity index (χ0n) is 16.0. The van der Waals surface area contributed by atoms with Gasteiger partial charge in [-0.2, -0.15) is 0 Å². The number of anilines is 1. The SMILES string of the molecule is COc1ccc(Br)cc1/C=C/C(=O)Nc1cccc(S(=O)(=O)NCc2ccco2)c1. The van der Waals surface area contributed by atoms with Gasteiger partial charge in [-0.25, -0.2) is 13.1 Å². The van der Waals surface area contributed by atoms with Crippen LogP contribution in [0.3, 0.4) is 0 Å². The summed E-state index contributed by atoms with van der Waals surface area (Å²) in [5.41, 5.74) is 1.08. The van der Waals surface area contributed by atoms with Gasteiger partial charge < -0.3 is 14.5 Å². The van der Waals surface area contributed by atoms with Crippen molar-refractivity contribution in [1.82, 2.24) is 4.72 Å². The number of hydrogen-bond acceptors (Lipinski definition) is 5. The van der Waals surface area contributed by atoms with Crippen molar-refractivity contribution in [3.05, 3.63) is 82.7 Å². The molecule has 1 heterocycles. The Labute approximate surface area is 182 Å². The number of ether oxygens (including phenoxy) is 1. The third-order valence-electron chi connectivity index (χ3n) is 4.03. The Kier molecular flexibility index (Phi) is 7.09. The molecule has 0 radical (unpaired) electrons. The number of methoxy groups -OCH3 is 1. The molecule has 3 aromatic rings. The molecule has 9 heteroatoms. The first-order valence-electron chi connectivity index (χ1n) is 8.82. The van der Waals surface area contributed by atoms with Gasteiger partial charge in [-0.1, -0.05) is 22.0 Å². The maximum Gasteiger partial charge on any atom is 0.248 e. The first-order chi connectivity index (χ1) is 14.4. The van der Waals surface area contributed by atoms with E-state index in [1.54, 1.807) is 43.5 Å². The second-order valence-electron chi connectivity index (χ2n) is 6.14. The van der Waals surface area contributed by atoms with E-state index in [0.29, 0.717) is 17.2 Å². The molecule has 0 spiro atoms. The molecule has 0 atom stereocenters. The first-order valence-corrected chi connectivity index (χ1v) is 11.1. The van der Waals surface area contributed by atoms with Gasteiger partial charge in [0.15, 0.2) is 0 Å². The van der Waals surface area contributed by atoms with E-state index >= 15 is 0 Å². The van der Waals surface area contributed by atoms with Crippen LogP contribution in [-0.2, 0) is 21.4 Å². The predicted octanol–water partition coefficient (Wildman–Crippen LogP) is 4.18. The van der Waals surface area contributed by atoms with E-state index < -0.39 is 15.9 Å². The Morgan fingerprint density at radius 2 is 2.00 bits per heavy atom. The molecule has 0 aliphatic carbocycles. The van der Waals surface area contributed by atoms with Gasteiger partial charge in [0.1, 0.15) is 11.5 Å². The van der Waals surface area contributed by atoms with E-state index in [2.05, 4.69) is 26.0 Å². The van der Waals surface area contributed by atoms with Gasteiger partial charge in [-0.05, 0) is 54.6 Å². The third-order valence-corrected chi connectivity index (χ3v) is 5.93. The van der Waals surface area contributed by atoms with Gasteiger partial charge in [0, 0.05) is 21.8 Å². The Balaban J connectivity index is 1.69. The molecule has 1 aromatic heterocycles. The molecule has 0 saturated heterocycles. The standard InChI is InChI=1S/C21H19BrN2O5S/c1-28-20-9-8-16(22)12-15(20)7-10-21(25)24-17-4-2-6-19(13-17)30(26,27)23-14-18-5-3-11-29-18/h2-13,23H,14H2,1H3,(H,24,25)/b10-7+. The summed E-state index contributed by atoms with van der Waals surface area (Å²) in [5.74, 6) is 0.712. The molecule has 156 valence electrons. The number of sulfonamides is 1. The lowest BCUT2D eigenvalue weighted by Gasteiger charge is -2.08. The highest BCUT2D eigenvalue weighted by Gasteiger charge is 2.15. The Morgan fingerprint density at radius 1 is 1.17 bits per heavy atom. The van der Waals surface area contributed by atoms with E-state index in [4.69, 9.17) is 9.15 Å². The summed E-state index contributed by atoms with van der Waals surface area (Å²) >= 11 is 3.38. The lowest BCUT2D eigenvalue weighted by atomic mass is 10.2. The number of nitrogens with one attached hydrogen (secondary N) is 2. The summed E-state index contributed by atoms with van der Waals surface area (Å²) in [5, 5.41) is 2.66. The summed E-state index contributed by atoms with van der Waals surface area (Å²) in [6, 6.07) is 14.8. The lowest BCUT2D eigenvalue weighted by molar-refractivity contribution is -0.111. The molecule has 0 aliphatic rings. The maximum atomic E-state index is 12.5. The molecule has 0 unspecified atom stereocenters. The van der Waals surface area contributed by atoms with Crippen molar-refractivity contribution in [2.24, 2.45) is 0 Å². The van der Waals surface area contributed by atoms with Crippen LogP contribution >= 0.6 is 15.9 Å². The van der Waals surface area contributed by atoms with Crippen molar-refractivity contribution in [2.75, 3.05) is 12.4 Å². The van der Waals surface area contributed by atoms with Gasteiger partial charge in [0.25, 0.3) is 0 Å². The van der Waals surface area contributed by atoms with Crippen LogP contribution < -0.4 is 14.8 Å². The number of furan rings is 1. The quantitative estimate of drug-likeness (QED) is 0.461. The summed E-state index contributed by atoms with van der Waals surface area (Å²) in [6.45, 7) is 0.0309. The van der Waals surface area contributed by atoms with E-state index in [1.807, 2.05) is 12.1 Å². The largest absolute Gasteiger partial charge is 0.496 e. The molecule has 2 aromatic carbocycles. The summed E-state index contributed by atoms with van der Waals surface area (Å²) < 4.78 is 38.7. The minimum absolute atomic E-state index is 0.0309. The molecule has 0 fully saturated rings. The number of rotatable bonds is 8. The maximum absolute atomic E-state index is 12.5. The molecule has 0 saturated carbocycles. The fraction of sp³-hybridized carbons (Fsp3) is 0.0952. The van der Waals surface area contributed by atoms with Crippen molar-refractivity contribution >= 4 is 43.6 Å². The Morgan fingerprint density at radius 3 is 2.73 bits per heavy atom. The summed E-state index contributed by atoms with van der Waals surface area (Å²) in [4.78, 5) is 12.3. The smallest absolute Gasteiger partial charge is 0.248 e. The molecule has 0 aliphatic heterocycles. The number of hydrogen-bond donors (Lipinski definition) is 2. The molecule has 30 heavy (non-hydrogen) atoms. The van der Waals surface area contributed by atoms with Gasteiger partial charge in [0.2, 0.25) is 15.9 Å². The second-order valence-corrected chi connectivity index (χ2v) is 8.82. The Bertz CT molecular complexity index is 1160. The average Bonchev–Trinajstić information content (AvgIpc) is 3.25. The fourth-order valence-electron chi connectivity index (χ4n) is 2.59. The van der Waals surface area contributed by atoms with Crippen LogP contribution in [0.2, 0.25) is 0 Å². The minimum atomic E-state index is -3.76. The monoisotopic (exact) mass is 490 g/mol. The number of amides is 1. The van der Waals surface area contributed by atoms with Gasteiger partial charge in [-0.3, -0.25) is 4.79 Å². The molecular formula is C21H19BrN2O5S.